The minimum atomic E-state index is -4.55. The van der Waals surface area contributed by atoms with Crippen molar-refractivity contribution in [2.24, 2.45) is 0 Å². The molecule has 3 aromatic rings. The Labute approximate surface area is 241 Å². The Bertz CT molecular complexity index is 1470. The Morgan fingerprint density at radius 1 is 1.24 bits per heavy atom. The van der Waals surface area contributed by atoms with Gasteiger partial charge >= 0.3 is 13.7 Å². The topological polar surface area (TPSA) is 150 Å². The van der Waals surface area contributed by atoms with Crippen molar-refractivity contribution in [3.05, 3.63) is 42.5 Å². The molecule has 6 atom stereocenters. The van der Waals surface area contributed by atoms with Crippen molar-refractivity contribution in [1.29, 1.82) is 0 Å². The third-order valence-electron chi connectivity index (χ3n) is 6.38. The number of imidazole rings is 1. The Kier molecular flexibility index (Phi) is 8.91. The van der Waals surface area contributed by atoms with Crippen LogP contribution in [0.15, 0.2) is 36.7 Å². The number of esters is 1. The second-order valence-electron chi connectivity index (χ2n) is 10.6. The van der Waals surface area contributed by atoms with Crippen LogP contribution in [0.5, 0.6) is 5.75 Å². The smallest absolute Gasteiger partial charge is 0.459 e. The minimum absolute atomic E-state index is 0.0726. The second kappa shape index (κ2) is 11.8. The van der Waals surface area contributed by atoms with Gasteiger partial charge in [0.2, 0.25) is 0 Å². The highest BCUT2D eigenvalue weighted by molar-refractivity contribution is 7.52. The molecule has 0 unspecified atom stereocenters. The summed E-state index contributed by atoms with van der Waals surface area (Å²) >= 11 is 0. The predicted molar refractivity (Wildman–Crippen MR) is 148 cm³/mol. The van der Waals surface area contributed by atoms with Crippen LogP contribution in [0, 0.1) is 6.92 Å². The normalized spacial score (nSPS) is 26.3. The zero-order chi connectivity index (χ0) is 31.0. The average Bonchev–Trinajstić information content (AvgIpc) is 3.39. The lowest BCUT2D eigenvalue weighted by atomic mass is 9.97. The molecule has 3 heterocycles. The Morgan fingerprint density at radius 2 is 1.90 bits per heavy atom. The van der Waals surface area contributed by atoms with E-state index in [-0.39, 0.29) is 11.4 Å². The van der Waals surface area contributed by atoms with Crippen molar-refractivity contribution >= 4 is 30.7 Å². The lowest BCUT2D eigenvalue weighted by molar-refractivity contribution is -0.202. The summed E-state index contributed by atoms with van der Waals surface area (Å²) in [4.78, 5) is 27.0. The van der Waals surface area contributed by atoms with Gasteiger partial charge in [0, 0.05) is 14.1 Å². The van der Waals surface area contributed by atoms with E-state index in [2.05, 4.69) is 20.0 Å². The van der Waals surface area contributed by atoms with E-state index in [0.29, 0.717) is 17.2 Å². The van der Waals surface area contributed by atoms with Gasteiger partial charge in [0.25, 0.3) is 5.85 Å². The summed E-state index contributed by atoms with van der Waals surface area (Å²) in [6.45, 7) is 5.97. The van der Waals surface area contributed by atoms with Crippen LogP contribution >= 0.6 is 7.75 Å². The summed E-state index contributed by atoms with van der Waals surface area (Å²) in [5.74, 6) is -3.12. The highest BCUT2D eigenvalue weighted by Crippen LogP contribution is 2.52. The number of aliphatic hydroxyl groups is 1. The summed E-state index contributed by atoms with van der Waals surface area (Å²) in [6, 6.07) is 6.59. The standard InChI is InChI=1S/C26H35F2N6O7P/c1-15(2)39-22(35)16(3)32-42(37,41-18-11-9-8-10-12-18)38-13-26(28)23(36)25(5,27)24(40-26)34-14-29-19-20(33(6)7)30-17(4)31-21(19)34/h8-12,14-16,23-24,36H,13H2,1-7H3,(H,32,37)/t16-,23-,24+,25+,26+,42+/m0/s1. The number of nitrogens with one attached hydrogen (secondary N) is 1. The second-order valence-corrected chi connectivity index (χ2v) is 12.3. The van der Waals surface area contributed by atoms with Crippen molar-refractivity contribution in [3.8, 4) is 5.75 Å². The quantitative estimate of drug-likeness (QED) is 0.241. The van der Waals surface area contributed by atoms with E-state index >= 15 is 8.78 Å². The van der Waals surface area contributed by atoms with E-state index in [1.54, 1.807) is 58.0 Å². The van der Waals surface area contributed by atoms with Gasteiger partial charge in [0.05, 0.1) is 12.4 Å². The van der Waals surface area contributed by atoms with Crippen LogP contribution in [0.2, 0.25) is 0 Å². The molecule has 13 nitrogen and oxygen atoms in total. The monoisotopic (exact) mass is 612 g/mol. The number of alkyl halides is 2. The van der Waals surface area contributed by atoms with E-state index in [1.807, 2.05) is 0 Å². The molecule has 0 bridgehead atoms. The maximum Gasteiger partial charge on any atom is 0.459 e. The molecule has 230 valence electrons. The number of anilines is 1. The molecular formula is C26H35F2N6O7P. The zero-order valence-electron chi connectivity index (χ0n) is 24.3. The number of rotatable bonds is 11. The maximum atomic E-state index is 16.3. The van der Waals surface area contributed by atoms with Crippen LogP contribution < -0.4 is 14.5 Å². The third kappa shape index (κ3) is 6.40. The number of carbonyl (C=O) groups excluding carboxylic acids is 1. The van der Waals surface area contributed by atoms with Crippen molar-refractivity contribution in [1.82, 2.24) is 24.6 Å². The molecule has 1 aliphatic rings. The molecule has 2 N–H and O–H groups in total. The molecule has 1 aromatic carbocycles. The van der Waals surface area contributed by atoms with E-state index in [4.69, 9.17) is 18.5 Å². The zero-order valence-corrected chi connectivity index (χ0v) is 25.2. The number of para-hydroxylation sites is 1. The number of ether oxygens (including phenoxy) is 2. The first-order valence-corrected chi connectivity index (χ1v) is 14.7. The van der Waals surface area contributed by atoms with Crippen LogP contribution in [0.3, 0.4) is 0 Å². The molecule has 0 spiro atoms. The molecular weight excluding hydrogens is 577 g/mol. The molecule has 4 rings (SSSR count). The lowest BCUT2D eigenvalue weighted by Crippen LogP contribution is -2.47. The van der Waals surface area contributed by atoms with Crippen LogP contribution in [-0.2, 0) is 23.4 Å². The number of aryl methyl sites for hydroxylation is 1. The summed E-state index contributed by atoms with van der Waals surface area (Å²) in [6.07, 6.45) is -3.41. The molecule has 2 aromatic heterocycles. The first-order chi connectivity index (χ1) is 19.6. The number of halogens is 2. The summed E-state index contributed by atoms with van der Waals surface area (Å²) in [5.41, 5.74) is -2.27. The van der Waals surface area contributed by atoms with E-state index < -0.39 is 56.3 Å². The fourth-order valence-electron chi connectivity index (χ4n) is 4.36. The summed E-state index contributed by atoms with van der Waals surface area (Å²) in [7, 11) is -1.07. The Balaban J connectivity index is 1.62. The van der Waals surface area contributed by atoms with E-state index in [9.17, 15) is 14.5 Å². The SMILES string of the molecule is Cc1nc(N(C)C)c2ncn([C@@H]3O[C@](F)(CO[P@](=O)(N[C@@H](C)C(=O)OC(C)C)Oc4ccccc4)[C@@H](O)[C@@]3(C)F)c2n1. The van der Waals surface area contributed by atoms with Gasteiger partial charge in [0.15, 0.2) is 35.0 Å². The number of aliphatic hydroxyl groups excluding tert-OH is 1. The molecule has 16 heteroatoms. The average molecular weight is 613 g/mol. The number of hydrogen-bond acceptors (Lipinski definition) is 11. The van der Waals surface area contributed by atoms with Crippen LogP contribution in [0.1, 0.15) is 39.7 Å². The van der Waals surface area contributed by atoms with Gasteiger partial charge in [-0.05, 0) is 46.8 Å². The Hall–Kier alpha value is -3.23. The first kappa shape index (κ1) is 31.7. The van der Waals surface area contributed by atoms with E-state index in [0.717, 1.165) is 11.5 Å². The first-order valence-electron chi connectivity index (χ1n) is 13.2. The molecule has 1 saturated heterocycles. The fraction of sp³-hybridized carbons (Fsp3) is 0.538. The van der Waals surface area contributed by atoms with Gasteiger partial charge < -0.3 is 24.0 Å². The van der Waals surface area contributed by atoms with Gasteiger partial charge in [-0.15, -0.1) is 0 Å². The predicted octanol–water partition coefficient (Wildman–Crippen LogP) is 3.62. The molecule has 0 aliphatic carbocycles. The molecule has 1 fully saturated rings. The van der Waals surface area contributed by atoms with Gasteiger partial charge in [0.1, 0.15) is 24.2 Å². The minimum Gasteiger partial charge on any atom is -0.462 e. The van der Waals surface area contributed by atoms with Crippen molar-refractivity contribution in [2.45, 2.75) is 70.6 Å². The van der Waals surface area contributed by atoms with Gasteiger partial charge in [-0.25, -0.2) is 28.3 Å². The van der Waals surface area contributed by atoms with Crippen LogP contribution in [0.25, 0.3) is 11.2 Å². The summed E-state index contributed by atoms with van der Waals surface area (Å²) < 4.78 is 68.7. The Morgan fingerprint density at radius 3 is 2.52 bits per heavy atom. The van der Waals surface area contributed by atoms with Gasteiger partial charge in [-0.3, -0.25) is 13.9 Å². The summed E-state index contributed by atoms with van der Waals surface area (Å²) in [5, 5.41) is 13.2. The molecule has 0 amide bonds. The van der Waals surface area contributed by atoms with Crippen molar-refractivity contribution < 1.29 is 41.8 Å². The van der Waals surface area contributed by atoms with Gasteiger partial charge in [-0.1, -0.05) is 18.2 Å². The van der Waals surface area contributed by atoms with Gasteiger partial charge in [-0.2, -0.15) is 5.09 Å². The molecule has 1 aliphatic heterocycles. The van der Waals surface area contributed by atoms with E-state index in [1.165, 1.54) is 25.4 Å². The number of hydrogen-bond donors (Lipinski definition) is 2. The molecule has 42 heavy (non-hydrogen) atoms. The number of fused-ring (bicyclic) bond motifs is 1. The molecule has 0 radical (unpaired) electrons. The van der Waals surface area contributed by atoms with Crippen LogP contribution in [0.4, 0.5) is 14.6 Å². The van der Waals surface area contributed by atoms with Crippen molar-refractivity contribution in [2.75, 3.05) is 25.6 Å². The lowest BCUT2D eigenvalue weighted by Gasteiger charge is -2.28. The number of benzene rings is 1. The van der Waals surface area contributed by atoms with Crippen LogP contribution in [-0.4, -0.2) is 81.1 Å². The number of aromatic nitrogens is 4. The number of carbonyl (C=O) groups is 1. The van der Waals surface area contributed by atoms with Crippen molar-refractivity contribution in [3.63, 3.8) is 0 Å². The highest BCUT2D eigenvalue weighted by Gasteiger charge is 2.65. The number of nitrogens with zero attached hydrogens (tertiary/aromatic N) is 5. The highest BCUT2D eigenvalue weighted by atomic mass is 31.2. The largest absolute Gasteiger partial charge is 0.462 e. The third-order valence-corrected chi connectivity index (χ3v) is 8.01. The fourth-order valence-corrected chi connectivity index (χ4v) is 5.87. The maximum absolute atomic E-state index is 16.3. The molecule has 0 saturated carbocycles.